The van der Waals surface area contributed by atoms with Crippen molar-refractivity contribution in [2.75, 3.05) is 0 Å². The summed E-state index contributed by atoms with van der Waals surface area (Å²) >= 11 is 0. The smallest absolute Gasteiger partial charge is 0.258 e. The molecule has 0 saturated heterocycles. The van der Waals surface area contributed by atoms with Gasteiger partial charge in [0.25, 0.3) is 17.1 Å². The van der Waals surface area contributed by atoms with E-state index in [1.807, 2.05) is 54.6 Å². The second kappa shape index (κ2) is 9.27. The molecule has 1 aliphatic rings. The molecule has 0 unspecified atom stereocenters. The van der Waals surface area contributed by atoms with Gasteiger partial charge in [-0.3, -0.25) is 30.3 Å². The molecular weight excluding hydrogens is 476 g/mol. The Morgan fingerprint density at radius 3 is 1.84 bits per heavy atom. The molecule has 0 aliphatic heterocycles. The molecule has 4 aromatic carbocycles. The standard InChI is InChI=1S/C27H16N4O6/c32-29(33)20-12-13-22-23(14-20)27(24-15-21(30(34)35)16-25(26(22)24)31(36)37)28-19-10-8-18(9-11-19)7-6-17-4-2-1-3-5-17/h1-16H. The molecule has 0 atom stereocenters. The fourth-order valence-electron chi connectivity index (χ4n) is 4.20. The number of nitro benzene ring substituents is 3. The minimum absolute atomic E-state index is 0.140. The Kier molecular flexibility index (Phi) is 5.82. The first-order valence-electron chi connectivity index (χ1n) is 11.0. The lowest BCUT2D eigenvalue weighted by Gasteiger charge is -2.04. The third-order valence-corrected chi connectivity index (χ3v) is 5.91. The van der Waals surface area contributed by atoms with Crippen LogP contribution in [0, 0.1) is 30.3 Å². The maximum absolute atomic E-state index is 11.8. The van der Waals surface area contributed by atoms with E-state index in [0.717, 1.165) is 17.2 Å². The molecule has 10 heteroatoms. The Balaban J connectivity index is 1.63. The number of hydrogen-bond acceptors (Lipinski definition) is 7. The number of aliphatic imine (C=N–C) groups is 1. The van der Waals surface area contributed by atoms with Crippen LogP contribution in [0.15, 0.2) is 89.9 Å². The van der Waals surface area contributed by atoms with Crippen LogP contribution in [-0.4, -0.2) is 20.5 Å². The normalized spacial score (nSPS) is 12.9. The van der Waals surface area contributed by atoms with Gasteiger partial charge in [-0.15, -0.1) is 0 Å². The number of fused-ring (bicyclic) bond motifs is 3. The molecule has 0 amide bonds. The molecule has 0 spiro atoms. The predicted octanol–water partition coefficient (Wildman–Crippen LogP) is 6.73. The van der Waals surface area contributed by atoms with Crippen molar-refractivity contribution >= 4 is 40.6 Å². The number of benzene rings is 4. The maximum atomic E-state index is 11.8. The highest BCUT2D eigenvalue weighted by molar-refractivity contribution is 6.27. The van der Waals surface area contributed by atoms with E-state index >= 15 is 0 Å². The number of nitro groups is 3. The molecule has 0 bridgehead atoms. The minimum atomic E-state index is -0.718. The van der Waals surface area contributed by atoms with Gasteiger partial charge < -0.3 is 0 Å². The molecule has 0 fully saturated rings. The zero-order valence-electron chi connectivity index (χ0n) is 19.0. The van der Waals surface area contributed by atoms with Crippen LogP contribution in [0.3, 0.4) is 0 Å². The Morgan fingerprint density at radius 1 is 0.595 bits per heavy atom. The van der Waals surface area contributed by atoms with Crippen LogP contribution in [0.2, 0.25) is 0 Å². The molecule has 180 valence electrons. The molecule has 10 nitrogen and oxygen atoms in total. The highest BCUT2D eigenvalue weighted by Crippen LogP contribution is 2.46. The largest absolute Gasteiger partial charge is 0.284 e. The molecule has 0 radical (unpaired) electrons. The lowest BCUT2D eigenvalue weighted by atomic mass is 10.0. The summed E-state index contributed by atoms with van der Waals surface area (Å²) < 4.78 is 0. The molecule has 0 aromatic heterocycles. The second-order valence-corrected chi connectivity index (χ2v) is 8.18. The van der Waals surface area contributed by atoms with Crippen molar-refractivity contribution in [3.05, 3.63) is 138 Å². The third kappa shape index (κ3) is 4.46. The summed E-state index contributed by atoms with van der Waals surface area (Å²) in [4.78, 5) is 37.4. The molecule has 1 aliphatic carbocycles. The molecule has 0 N–H and O–H groups in total. The van der Waals surface area contributed by atoms with Gasteiger partial charge in [0.1, 0.15) is 0 Å². The number of rotatable bonds is 6. The highest BCUT2D eigenvalue weighted by Gasteiger charge is 2.35. The number of hydrogen-bond donors (Lipinski definition) is 0. The summed E-state index contributed by atoms with van der Waals surface area (Å²) in [5, 5.41) is 34.7. The zero-order valence-corrected chi connectivity index (χ0v) is 19.0. The van der Waals surface area contributed by atoms with Crippen LogP contribution >= 0.6 is 0 Å². The van der Waals surface area contributed by atoms with Crippen LogP contribution in [0.25, 0.3) is 23.3 Å². The zero-order chi connectivity index (χ0) is 26.1. The topological polar surface area (TPSA) is 142 Å². The minimum Gasteiger partial charge on any atom is -0.258 e. The van der Waals surface area contributed by atoms with Gasteiger partial charge in [0.15, 0.2) is 0 Å². The van der Waals surface area contributed by atoms with Crippen LogP contribution in [0.4, 0.5) is 22.7 Å². The summed E-state index contributed by atoms with van der Waals surface area (Å²) in [6.07, 6.45) is 3.89. The van der Waals surface area contributed by atoms with E-state index in [1.165, 1.54) is 24.3 Å². The summed E-state index contributed by atoms with van der Waals surface area (Å²) in [5.74, 6) is 0. The third-order valence-electron chi connectivity index (χ3n) is 5.91. The molecule has 0 heterocycles. The van der Waals surface area contributed by atoms with E-state index in [9.17, 15) is 30.3 Å². The Labute approximate surface area is 209 Å². The van der Waals surface area contributed by atoms with Crippen LogP contribution < -0.4 is 0 Å². The lowest BCUT2D eigenvalue weighted by Crippen LogP contribution is -2.01. The fourth-order valence-corrected chi connectivity index (χ4v) is 4.20. The van der Waals surface area contributed by atoms with Gasteiger partial charge in [0.05, 0.1) is 37.8 Å². The summed E-state index contributed by atoms with van der Waals surface area (Å²) in [6.45, 7) is 0. The lowest BCUT2D eigenvalue weighted by molar-refractivity contribution is -0.393. The summed E-state index contributed by atoms with van der Waals surface area (Å²) in [7, 11) is 0. The van der Waals surface area contributed by atoms with Crippen molar-refractivity contribution < 1.29 is 14.8 Å². The van der Waals surface area contributed by atoms with Gasteiger partial charge in [-0.05, 0) is 34.9 Å². The van der Waals surface area contributed by atoms with Crippen molar-refractivity contribution in [1.29, 1.82) is 0 Å². The molecular formula is C27H16N4O6. The SMILES string of the molecule is O=[N+]([O-])c1ccc2c(c1)C(=Nc1ccc(C=Cc3ccccc3)cc1)c1cc([N+](=O)[O-])cc([N+](=O)[O-])c1-2. The highest BCUT2D eigenvalue weighted by atomic mass is 16.6. The molecule has 37 heavy (non-hydrogen) atoms. The van der Waals surface area contributed by atoms with Gasteiger partial charge in [-0.2, -0.15) is 0 Å². The summed E-state index contributed by atoms with van der Waals surface area (Å²) in [6, 6.07) is 22.9. The van der Waals surface area contributed by atoms with Gasteiger partial charge in [0, 0.05) is 29.3 Å². The van der Waals surface area contributed by atoms with E-state index in [4.69, 9.17) is 0 Å². The first-order valence-corrected chi connectivity index (χ1v) is 11.0. The van der Waals surface area contributed by atoms with Crippen molar-refractivity contribution in [3.8, 4) is 11.1 Å². The Bertz CT molecular complexity index is 1640. The van der Waals surface area contributed by atoms with Crippen LogP contribution in [0.5, 0.6) is 0 Å². The van der Waals surface area contributed by atoms with Gasteiger partial charge in [-0.1, -0.05) is 54.6 Å². The van der Waals surface area contributed by atoms with Crippen molar-refractivity contribution in [2.45, 2.75) is 0 Å². The maximum Gasteiger partial charge on any atom is 0.284 e. The van der Waals surface area contributed by atoms with Gasteiger partial charge in [0.2, 0.25) is 0 Å². The molecule has 0 saturated carbocycles. The first-order chi connectivity index (χ1) is 17.8. The summed E-state index contributed by atoms with van der Waals surface area (Å²) in [5.41, 5.74) is 2.40. The Morgan fingerprint density at radius 2 is 1.22 bits per heavy atom. The van der Waals surface area contributed by atoms with E-state index in [-0.39, 0.29) is 22.5 Å². The molecule has 4 aromatic rings. The average molecular weight is 492 g/mol. The van der Waals surface area contributed by atoms with E-state index in [0.29, 0.717) is 16.8 Å². The number of nitrogens with zero attached hydrogens (tertiary/aromatic N) is 4. The van der Waals surface area contributed by atoms with E-state index < -0.39 is 26.1 Å². The van der Waals surface area contributed by atoms with Crippen LogP contribution in [-0.2, 0) is 0 Å². The van der Waals surface area contributed by atoms with Crippen molar-refractivity contribution in [3.63, 3.8) is 0 Å². The quantitative estimate of drug-likeness (QED) is 0.146. The predicted molar refractivity (Wildman–Crippen MR) is 139 cm³/mol. The van der Waals surface area contributed by atoms with E-state index in [2.05, 4.69) is 4.99 Å². The molecule has 5 rings (SSSR count). The van der Waals surface area contributed by atoms with Crippen molar-refractivity contribution in [1.82, 2.24) is 0 Å². The number of non-ortho nitro benzene ring substituents is 2. The average Bonchev–Trinajstić information content (AvgIpc) is 3.20. The second-order valence-electron chi connectivity index (χ2n) is 8.18. The van der Waals surface area contributed by atoms with Gasteiger partial charge >= 0.3 is 0 Å². The Hall–Kier alpha value is -5.51. The van der Waals surface area contributed by atoms with Gasteiger partial charge in [-0.25, -0.2) is 4.99 Å². The monoisotopic (exact) mass is 492 g/mol. The van der Waals surface area contributed by atoms with Crippen molar-refractivity contribution in [2.24, 2.45) is 4.99 Å². The first kappa shape index (κ1) is 23.2. The van der Waals surface area contributed by atoms with Crippen LogP contribution in [0.1, 0.15) is 22.3 Å². The fraction of sp³-hybridized carbons (Fsp3) is 0. The van der Waals surface area contributed by atoms with E-state index in [1.54, 1.807) is 12.1 Å².